The number of halogens is 3. The van der Waals surface area contributed by atoms with Crippen LogP contribution in [-0.2, 0) is 12.7 Å². The number of carboxylic acid groups (broad SMARTS) is 1. The largest absolute Gasteiger partial charge is 0.478 e. The lowest BCUT2D eigenvalue weighted by Gasteiger charge is -2.11. The minimum atomic E-state index is -4.43. The average molecular weight is 297 g/mol. The molecule has 0 bridgehead atoms. The first kappa shape index (κ1) is 14.8. The normalized spacial score (nSPS) is 11.2. The zero-order valence-electron chi connectivity index (χ0n) is 10.6. The number of nitrogens with one attached hydrogen (secondary N) is 1. The Morgan fingerprint density at radius 3 is 2.76 bits per heavy atom. The first-order chi connectivity index (χ1) is 9.88. The molecule has 0 amide bonds. The minimum Gasteiger partial charge on any atom is -0.478 e. The molecule has 1 aromatic heterocycles. The van der Waals surface area contributed by atoms with E-state index in [1.165, 1.54) is 18.5 Å². The molecule has 0 spiro atoms. The van der Waals surface area contributed by atoms with Gasteiger partial charge in [0.2, 0.25) is 0 Å². The van der Waals surface area contributed by atoms with Crippen LogP contribution in [0, 0.1) is 0 Å². The second kappa shape index (κ2) is 5.78. The van der Waals surface area contributed by atoms with Gasteiger partial charge >= 0.3 is 12.1 Å². The molecule has 0 saturated carbocycles. The first-order valence-electron chi connectivity index (χ1n) is 5.81. The minimum absolute atomic E-state index is 0.0224. The molecule has 0 fully saturated rings. The molecule has 0 aliphatic carbocycles. The number of aromatic nitrogens is 2. The van der Waals surface area contributed by atoms with Crippen LogP contribution in [0.5, 0.6) is 0 Å². The van der Waals surface area contributed by atoms with Crippen LogP contribution in [0.4, 0.5) is 18.9 Å². The van der Waals surface area contributed by atoms with Gasteiger partial charge in [-0.3, -0.25) is 0 Å². The molecule has 2 aromatic rings. The number of carbonyl (C=O) groups is 1. The van der Waals surface area contributed by atoms with Crippen LogP contribution in [-0.4, -0.2) is 21.0 Å². The van der Waals surface area contributed by atoms with Crippen LogP contribution in [0.25, 0.3) is 0 Å². The van der Waals surface area contributed by atoms with Crippen LogP contribution in [0.1, 0.15) is 21.6 Å². The Morgan fingerprint density at radius 1 is 1.33 bits per heavy atom. The van der Waals surface area contributed by atoms with Crippen LogP contribution < -0.4 is 5.32 Å². The third-order valence-electron chi connectivity index (χ3n) is 2.68. The Morgan fingerprint density at radius 2 is 2.10 bits per heavy atom. The van der Waals surface area contributed by atoms with Crippen molar-refractivity contribution in [2.24, 2.45) is 0 Å². The van der Waals surface area contributed by atoms with Crippen molar-refractivity contribution in [1.29, 1.82) is 0 Å². The van der Waals surface area contributed by atoms with E-state index in [4.69, 9.17) is 5.11 Å². The van der Waals surface area contributed by atoms with Crippen molar-refractivity contribution in [3.8, 4) is 0 Å². The van der Waals surface area contributed by atoms with E-state index in [9.17, 15) is 18.0 Å². The fraction of sp³-hybridized carbons (Fsp3) is 0.154. The molecule has 8 heteroatoms. The summed E-state index contributed by atoms with van der Waals surface area (Å²) in [6.45, 7) is -0.0224. The highest BCUT2D eigenvalue weighted by Crippen LogP contribution is 2.30. The van der Waals surface area contributed by atoms with Crippen LogP contribution in [0.2, 0.25) is 0 Å². The fourth-order valence-corrected chi connectivity index (χ4v) is 1.67. The number of alkyl halides is 3. The predicted octanol–water partition coefficient (Wildman–Crippen LogP) is 2.81. The molecule has 5 nitrogen and oxygen atoms in total. The predicted molar refractivity (Wildman–Crippen MR) is 67.8 cm³/mol. The van der Waals surface area contributed by atoms with Gasteiger partial charge in [-0.05, 0) is 18.2 Å². The van der Waals surface area contributed by atoms with E-state index >= 15 is 0 Å². The summed E-state index contributed by atoms with van der Waals surface area (Å²) < 4.78 is 37.7. The molecule has 2 N–H and O–H groups in total. The Balaban J connectivity index is 2.16. The number of anilines is 1. The fourth-order valence-electron chi connectivity index (χ4n) is 1.67. The van der Waals surface area contributed by atoms with Gasteiger partial charge in [-0.15, -0.1) is 0 Å². The van der Waals surface area contributed by atoms with Gasteiger partial charge < -0.3 is 10.4 Å². The third kappa shape index (κ3) is 3.68. The van der Waals surface area contributed by atoms with E-state index in [1.807, 2.05) is 0 Å². The summed E-state index contributed by atoms with van der Waals surface area (Å²) in [5.41, 5.74) is -0.472. The van der Waals surface area contributed by atoms with Crippen LogP contribution >= 0.6 is 0 Å². The van der Waals surface area contributed by atoms with Crippen molar-refractivity contribution in [3.05, 3.63) is 53.6 Å². The zero-order valence-corrected chi connectivity index (χ0v) is 10.6. The van der Waals surface area contributed by atoms with Crippen molar-refractivity contribution in [1.82, 2.24) is 9.97 Å². The molecule has 1 aromatic carbocycles. The number of aromatic carboxylic acids is 1. The summed E-state index contributed by atoms with van der Waals surface area (Å²) in [4.78, 5) is 18.4. The van der Waals surface area contributed by atoms with E-state index in [1.54, 1.807) is 0 Å². The van der Waals surface area contributed by atoms with Crippen molar-refractivity contribution >= 4 is 11.7 Å². The molecule has 2 rings (SSSR count). The van der Waals surface area contributed by atoms with Crippen molar-refractivity contribution in [3.63, 3.8) is 0 Å². The maximum absolute atomic E-state index is 12.6. The van der Waals surface area contributed by atoms with E-state index in [0.29, 0.717) is 0 Å². The second-order valence-electron chi connectivity index (χ2n) is 4.12. The topological polar surface area (TPSA) is 75.1 Å². The van der Waals surface area contributed by atoms with E-state index in [2.05, 4.69) is 15.3 Å². The summed E-state index contributed by atoms with van der Waals surface area (Å²) in [7, 11) is 0. The smallest absolute Gasteiger partial charge is 0.416 e. The molecular weight excluding hydrogens is 287 g/mol. The van der Waals surface area contributed by atoms with Crippen molar-refractivity contribution < 1.29 is 23.1 Å². The molecule has 0 aliphatic rings. The number of carboxylic acids is 1. The number of hydrogen-bond acceptors (Lipinski definition) is 4. The quantitative estimate of drug-likeness (QED) is 0.907. The van der Waals surface area contributed by atoms with Gasteiger partial charge in [-0.2, -0.15) is 13.2 Å². The van der Waals surface area contributed by atoms with E-state index < -0.39 is 17.7 Å². The molecule has 0 radical (unpaired) electrons. The standard InChI is InChI=1S/C13H10F3N3O2/c14-13(15,16)8-2-1-3-9(4-8)18-6-11-10(12(20)21)5-17-7-19-11/h1-5,7,18H,6H2,(H,20,21). The Hall–Kier alpha value is -2.64. The highest BCUT2D eigenvalue weighted by molar-refractivity contribution is 5.88. The lowest BCUT2D eigenvalue weighted by atomic mass is 10.2. The van der Waals surface area contributed by atoms with Gasteiger partial charge in [0.05, 0.1) is 17.8 Å². The molecule has 0 saturated heterocycles. The maximum atomic E-state index is 12.6. The summed E-state index contributed by atoms with van der Waals surface area (Å²) in [6.07, 6.45) is -2.12. The number of benzene rings is 1. The number of nitrogens with zero attached hydrogens (tertiary/aromatic N) is 2. The maximum Gasteiger partial charge on any atom is 0.416 e. The lowest BCUT2D eigenvalue weighted by Crippen LogP contribution is -2.11. The third-order valence-corrected chi connectivity index (χ3v) is 2.68. The Kier molecular flexibility index (Phi) is 4.06. The van der Waals surface area contributed by atoms with Crippen molar-refractivity contribution in [2.45, 2.75) is 12.7 Å². The molecule has 110 valence electrons. The first-order valence-corrected chi connectivity index (χ1v) is 5.81. The lowest BCUT2D eigenvalue weighted by molar-refractivity contribution is -0.137. The molecule has 0 aliphatic heterocycles. The highest BCUT2D eigenvalue weighted by Gasteiger charge is 2.30. The summed E-state index contributed by atoms with van der Waals surface area (Å²) >= 11 is 0. The van der Waals surface area contributed by atoms with Gasteiger partial charge in [0, 0.05) is 11.9 Å². The van der Waals surface area contributed by atoms with E-state index in [-0.39, 0.29) is 23.5 Å². The van der Waals surface area contributed by atoms with Gasteiger partial charge in [-0.1, -0.05) is 6.07 Å². The van der Waals surface area contributed by atoms with Crippen LogP contribution in [0.3, 0.4) is 0 Å². The SMILES string of the molecule is O=C(O)c1cncnc1CNc1cccc(C(F)(F)F)c1. The van der Waals surface area contributed by atoms with Gasteiger partial charge in [0.25, 0.3) is 0 Å². The zero-order chi connectivity index (χ0) is 15.5. The number of hydrogen-bond donors (Lipinski definition) is 2. The average Bonchev–Trinajstić information content (AvgIpc) is 2.45. The van der Waals surface area contributed by atoms with Crippen LogP contribution in [0.15, 0.2) is 36.8 Å². The molecule has 0 unspecified atom stereocenters. The second-order valence-corrected chi connectivity index (χ2v) is 4.12. The Labute approximate surface area is 117 Å². The van der Waals surface area contributed by atoms with Gasteiger partial charge in [0.15, 0.2) is 0 Å². The van der Waals surface area contributed by atoms with E-state index in [0.717, 1.165) is 18.3 Å². The summed E-state index contributed by atoms with van der Waals surface area (Å²) in [5.74, 6) is -1.20. The summed E-state index contributed by atoms with van der Waals surface area (Å²) in [5, 5.41) is 11.7. The molecule has 1 heterocycles. The Bertz CT molecular complexity index is 659. The highest BCUT2D eigenvalue weighted by atomic mass is 19.4. The summed E-state index contributed by atoms with van der Waals surface area (Å²) in [6, 6.07) is 4.63. The van der Waals surface area contributed by atoms with Gasteiger partial charge in [0.1, 0.15) is 11.9 Å². The molecule has 21 heavy (non-hydrogen) atoms. The van der Waals surface area contributed by atoms with Crippen molar-refractivity contribution in [2.75, 3.05) is 5.32 Å². The molecular formula is C13H10F3N3O2. The van der Waals surface area contributed by atoms with Gasteiger partial charge in [-0.25, -0.2) is 14.8 Å². The molecule has 0 atom stereocenters. The number of rotatable bonds is 4. The monoisotopic (exact) mass is 297 g/mol.